The minimum atomic E-state index is -3.41. The Balaban J connectivity index is 2.23. The predicted octanol–water partition coefficient (Wildman–Crippen LogP) is 1.21. The van der Waals surface area contributed by atoms with Crippen molar-refractivity contribution >= 4 is 21.8 Å². The second kappa shape index (κ2) is 5.39. The molecule has 0 heterocycles. The van der Waals surface area contributed by atoms with Crippen LogP contribution in [0.2, 0.25) is 0 Å². The van der Waals surface area contributed by atoms with E-state index in [0.717, 1.165) is 12.8 Å². The van der Waals surface area contributed by atoms with Crippen LogP contribution < -0.4 is 4.72 Å². The van der Waals surface area contributed by atoms with Crippen LogP contribution in [0.5, 0.6) is 0 Å². The maximum atomic E-state index is 12.1. The molecule has 1 fully saturated rings. The van der Waals surface area contributed by atoms with E-state index in [4.69, 9.17) is 5.11 Å². The minimum Gasteiger partial charge on any atom is -0.396 e. The number of hydrogen-bond donors (Lipinski definition) is 2. The van der Waals surface area contributed by atoms with Gasteiger partial charge in [-0.1, -0.05) is 12.1 Å². The van der Waals surface area contributed by atoms with Crippen molar-refractivity contribution in [3.8, 4) is 0 Å². The molecule has 0 spiro atoms. The Kier molecular flexibility index (Phi) is 4.09. The Morgan fingerprint density at radius 3 is 2.71 bits per heavy atom. The maximum absolute atomic E-state index is 12.1. The highest BCUT2D eigenvalue weighted by atomic mass is 32.2. The summed E-state index contributed by atoms with van der Waals surface area (Å²) in [6.07, 6.45) is 1.84. The van der Waals surface area contributed by atoms with E-state index >= 15 is 0 Å². The Labute approximate surface area is 105 Å². The minimum absolute atomic E-state index is 0.0368. The molecule has 0 unspecified atom stereocenters. The van der Waals surface area contributed by atoms with Crippen molar-refractivity contribution in [2.75, 3.05) is 12.4 Å². The van der Waals surface area contributed by atoms with E-state index in [1.54, 1.807) is 24.3 Å². The lowest BCUT2D eigenvalue weighted by Gasteiger charge is -2.10. The van der Waals surface area contributed by atoms with Crippen LogP contribution in [-0.4, -0.2) is 31.9 Å². The zero-order valence-corrected chi connectivity index (χ0v) is 10.9. The summed E-state index contributed by atoms with van der Waals surface area (Å²) in [5, 5.41) is 8.79. The van der Waals surface area contributed by atoms with Gasteiger partial charge in [0.1, 0.15) is 0 Å². The summed E-state index contributed by atoms with van der Waals surface area (Å²) in [6.45, 7) is 0.0368. The fourth-order valence-electron chi connectivity index (χ4n) is 1.43. The molecule has 0 aliphatic heterocycles. The standard InChI is InChI=1S/C11H15NO3S2/c13-7-8-16-10-3-1-2-4-11(10)17(14,15)12-9-5-6-9/h1-4,9,12-13H,5-8H2. The predicted molar refractivity (Wildman–Crippen MR) is 67.6 cm³/mol. The molecule has 4 nitrogen and oxygen atoms in total. The van der Waals surface area contributed by atoms with Gasteiger partial charge in [-0.05, 0) is 25.0 Å². The van der Waals surface area contributed by atoms with Gasteiger partial charge in [0.05, 0.1) is 11.5 Å². The molecule has 0 bridgehead atoms. The average Bonchev–Trinajstić information content (AvgIpc) is 3.10. The molecule has 2 N–H and O–H groups in total. The second-order valence-corrected chi connectivity index (χ2v) is 6.73. The van der Waals surface area contributed by atoms with Gasteiger partial charge >= 0.3 is 0 Å². The lowest BCUT2D eigenvalue weighted by atomic mass is 10.4. The highest BCUT2D eigenvalue weighted by Crippen LogP contribution is 2.28. The van der Waals surface area contributed by atoms with E-state index in [1.807, 2.05) is 0 Å². The van der Waals surface area contributed by atoms with Crippen LogP contribution in [0, 0.1) is 0 Å². The number of aliphatic hydroxyl groups excluding tert-OH is 1. The van der Waals surface area contributed by atoms with Crippen molar-refractivity contribution in [2.45, 2.75) is 28.7 Å². The van der Waals surface area contributed by atoms with Gasteiger partial charge < -0.3 is 5.11 Å². The van der Waals surface area contributed by atoms with Crippen molar-refractivity contribution < 1.29 is 13.5 Å². The molecule has 1 aliphatic carbocycles. The largest absolute Gasteiger partial charge is 0.396 e. The number of thioether (sulfide) groups is 1. The topological polar surface area (TPSA) is 66.4 Å². The van der Waals surface area contributed by atoms with Crippen molar-refractivity contribution in [3.05, 3.63) is 24.3 Å². The molecular weight excluding hydrogens is 258 g/mol. The summed E-state index contributed by atoms with van der Waals surface area (Å²) < 4.78 is 26.8. The highest BCUT2D eigenvalue weighted by Gasteiger charge is 2.29. The third kappa shape index (κ3) is 3.45. The van der Waals surface area contributed by atoms with E-state index in [9.17, 15) is 8.42 Å². The normalized spacial score (nSPS) is 16.1. The lowest BCUT2D eigenvalue weighted by Crippen LogP contribution is -2.26. The summed E-state index contributed by atoms with van der Waals surface area (Å²) in [6, 6.07) is 6.99. The first-order chi connectivity index (χ1) is 8.13. The summed E-state index contributed by atoms with van der Waals surface area (Å²) in [5.41, 5.74) is 0. The summed E-state index contributed by atoms with van der Waals surface area (Å²) in [5.74, 6) is 0.496. The fourth-order valence-corrected chi connectivity index (χ4v) is 4.03. The molecule has 0 amide bonds. The monoisotopic (exact) mass is 273 g/mol. The Hall–Kier alpha value is -0.560. The van der Waals surface area contributed by atoms with Crippen LogP contribution in [0.1, 0.15) is 12.8 Å². The molecule has 0 aromatic heterocycles. The molecule has 0 saturated heterocycles. The first-order valence-electron chi connectivity index (χ1n) is 5.48. The third-order valence-corrected chi connectivity index (χ3v) is 5.15. The molecule has 1 aliphatic rings. The van der Waals surface area contributed by atoms with Crippen LogP contribution in [0.3, 0.4) is 0 Å². The van der Waals surface area contributed by atoms with Crippen LogP contribution in [-0.2, 0) is 10.0 Å². The number of hydrogen-bond acceptors (Lipinski definition) is 4. The first-order valence-corrected chi connectivity index (χ1v) is 7.95. The molecular formula is C11H15NO3S2. The highest BCUT2D eigenvalue weighted by molar-refractivity contribution is 8.00. The Bertz CT molecular complexity index is 483. The van der Waals surface area contributed by atoms with Gasteiger partial charge in [-0.3, -0.25) is 0 Å². The van der Waals surface area contributed by atoms with Gasteiger partial charge in [-0.2, -0.15) is 0 Å². The number of rotatable bonds is 6. The summed E-state index contributed by atoms with van der Waals surface area (Å²) >= 11 is 1.35. The van der Waals surface area contributed by atoms with Crippen molar-refractivity contribution in [2.24, 2.45) is 0 Å². The Morgan fingerprint density at radius 2 is 2.06 bits per heavy atom. The number of benzene rings is 1. The van der Waals surface area contributed by atoms with E-state index in [-0.39, 0.29) is 12.6 Å². The molecule has 17 heavy (non-hydrogen) atoms. The van der Waals surface area contributed by atoms with Gasteiger partial charge in [0, 0.05) is 16.7 Å². The second-order valence-electron chi connectivity index (χ2n) is 3.91. The van der Waals surface area contributed by atoms with Gasteiger partial charge in [-0.15, -0.1) is 11.8 Å². The molecule has 1 aromatic carbocycles. The van der Waals surface area contributed by atoms with Crippen LogP contribution in [0.25, 0.3) is 0 Å². The van der Waals surface area contributed by atoms with E-state index < -0.39 is 10.0 Å². The number of nitrogens with one attached hydrogen (secondary N) is 1. The molecule has 1 aromatic rings. The van der Waals surface area contributed by atoms with Gasteiger partial charge in [-0.25, -0.2) is 13.1 Å². The molecule has 0 radical (unpaired) electrons. The van der Waals surface area contributed by atoms with Crippen LogP contribution in [0.15, 0.2) is 34.1 Å². The molecule has 94 valence electrons. The SMILES string of the molecule is O=S(=O)(NC1CC1)c1ccccc1SCCO. The smallest absolute Gasteiger partial charge is 0.241 e. The molecule has 1 saturated carbocycles. The summed E-state index contributed by atoms with van der Waals surface area (Å²) in [4.78, 5) is 1.00. The fraction of sp³-hybridized carbons (Fsp3) is 0.455. The van der Waals surface area contributed by atoms with Crippen LogP contribution >= 0.6 is 11.8 Å². The number of sulfonamides is 1. The van der Waals surface area contributed by atoms with E-state index in [0.29, 0.717) is 15.5 Å². The van der Waals surface area contributed by atoms with E-state index in [2.05, 4.69) is 4.72 Å². The maximum Gasteiger partial charge on any atom is 0.241 e. The zero-order valence-electron chi connectivity index (χ0n) is 9.30. The molecule has 6 heteroatoms. The zero-order chi connectivity index (χ0) is 12.3. The van der Waals surface area contributed by atoms with Gasteiger partial charge in [0.15, 0.2) is 0 Å². The molecule has 2 rings (SSSR count). The average molecular weight is 273 g/mol. The van der Waals surface area contributed by atoms with Crippen LogP contribution in [0.4, 0.5) is 0 Å². The van der Waals surface area contributed by atoms with Gasteiger partial charge in [0.25, 0.3) is 0 Å². The summed E-state index contributed by atoms with van der Waals surface area (Å²) in [7, 11) is -3.41. The third-order valence-electron chi connectivity index (χ3n) is 2.39. The number of aliphatic hydroxyl groups is 1. The van der Waals surface area contributed by atoms with Crippen molar-refractivity contribution in [1.82, 2.24) is 4.72 Å². The quantitative estimate of drug-likeness (QED) is 0.765. The Morgan fingerprint density at radius 1 is 1.35 bits per heavy atom. The van der Waals surface area contributed by atoms with Crippen molar-refractivity contribution in [1.29, 1.82) is 0 Å². The molecule has 0 atom stereocenters. The lowest BCUT2D eigenvalue weighted by molar-refractivity contribution is 0.322. The first kappa shape index (κ1) is 12.9. The van der Waals surface area contributed by atoms with E-state index in [1.165, 1.54) is 11.8 Å². The van der Waals surface area contributed by atoms with Crippen molar-refractivity contribution in [3.63, 3.8) is 0 Å². The van der Waals surface area contributed by atoms with Gasteiger partial charge in [0.2, 0.25) is 10.0 Å².